The van der Waals surface area contributed by atoms with Gasteiger partial charge in [0.25, 0.3) is 5.91 Å². The Bertz CT molecular complexity index is 595. The number of aryl methyl sites for hydroxylation is 2. The normalized spacial score (nSPS) is 10.1. The van der Waals surface area contributed by atoms with E-state index in [1.807, 2.05) is 26.0 Å². The zero-order chi connectivity index (χ0) is 13.8. The summed E-state index contributed by atoms with van der Waals surface area (Å²) in [5.74, 6) is 0.675. The molecular weight excluding hydrogens is 240 g/mol. The lowest BCUT2D eigenvalue weighted by atomic mass is 10.1. The first-order valence-electron chi connectivity index (χ1n) is 5.98. The molecule has 2 aromatic rings. The summed E-state index contributed by atoms with van der Waals surface area (Å²) in [4.78, 5) is 16.0. The third kappa shape index (κ3) is 2.91. The SMILES string of the molecule is COc1cc(C)c(NC(=O)c2ccncc2)cc1C. The van der Waals surface area contributed by atoms with Gasteiger partial charge in [0.2, 0.25) is 0 Å². The number of carbonyl (C=O) groups is 1. The molecule has 2 rings (SSSR count). The number of aromatic nitrogens is 1. The average molecular weight is 256 g/mol. The van der Waals surface area contributed by atoms with Gasteiger partial charge in [0.1, 0.15) is 5.75 Å². The zero-order valence-electron chi connectivity index (χ0n) is 11.2. The Morgan fingerprint density at radius 3 is 2.47 bits per heavy atom. The summed E-state index contributed by atoms with van der Waals surface area (Å²) in [7, 11) is 1.64. The van der Waals surface area contributed by atoms with Gasteiger partial charge in [-0.05, 0) is 49.2 Å². The van der Waals surface area contributed by atoms with Crippen molar-refractivity contribution in [1.82, 2.24) is 4.98 Å². The van der Waals surface area contributed by atoms with Gasteiger partial charge in [0.15, 0.2) is 0 Å². The van der Waals surface area contributed by atoms with Crippen LogP contribution in [-0.2, 0) is 0 Å². The standard InChI is InChI=1S/C15H16N2O2/c1-10-9-14(19-3)11(2)8-13(10)17-15(18)12-4-6-16-7-5-12/h4-9H,1-3H3,(H,17,18). The summed E-state index contributed by atoms with van der Waals surface area (Å²) in [5, 5.41) is 2.90. The Balaban J connectivity index is 2.25. The molecule has 0 saturated carbocycles. The zero-order valence-corrected chi connectivity index (χ0v) is 11.2. The molecule has 0 aliphatic heterocycles. The lowest BCUT2D eigenvalue weighted by Gasteiger charge is -2.12. The van der Waals surface area contributed by atoms with E-state index in [9.17, 15) is 4.79 Å². The van der Waals surface area contributed by atoms with Gasteiger partial charge in [0.05, 0.1) is 7.11 Å². The minimum Gasteiger partial charge on any atom is -0.496 e. The van der Waals surface area contributed by atoms with E-state index in [1.54, 1.807) is 31.6 Å². The predicted octanol–water partition coefficient (Wildman–Crippen LogP) is 2.96. The topological polar surface area (TPSA) is 51.2 Å². The van der Waals surface area contributed by atoms with Crippen LogP contribution in [0.3, 0.4) is 0 Å². The first-order valence-corrected chi connectivity index (χ1v) is 5.98. The monoisotopic (exact) mass is 256 g/mol. The van der Waals surface area contributed by atoms with Gasteiger partial charge in [-0.3, -0.25) is 9.78 Å². The van der Waals surface area contributed by atoms with Crippen molar-refractivity contribution in [2.45, 2.75) is 13.8 Å². The van der Waals surface area contributed by atoms with Crippen molar-refractivity contribution in [3.63, 3.8) is 0 Å². The van der Waals surface area contributed by atoms with E-state index in [2.05, 4.69) is 10.3 Å². The second-order valence-electron chi connectivity index (χ2n) is 4.33. The van der Waals surface area contributed by atoms with Gasteiger partial charge in [-0.1, -0.05) is 0 Å². The van der Waals surface area contributed by atoms with E-state index >= 15 is 0 Å². The van der Waals surface area contributed by atoms with E-state index in [0.717, 1.165) is 22.6 Å². The second-order valence-corrected chi connectivity index (χ2v) is 4.33. The summed E-state index contributed by atoms with van der Waals surface area (Å²) in [6.07, 6.45) is 3.20. The lowest BCUT2D eigenvalue weighted by Crippen LogP contribution is -2.13. The maximum atomic E-state index is 12.1. The maximum Gasteiger partial charge on any atom is 0.255 e. The number of pyridine rings is 1. The van der Waals surface area contributed by atoms with Crippen molar-refractivity contribution in [2.75, 3.05) is 12.4 Å². The highest BCUT2D eigenvalue weighted by Gasteiger charge is 2.09. The number of rotatable bonds is 3. The fourth-order valence-corrected chi connectivity index (χ4v) is 1.84. The minimum absolute atomic E-state index is 0.143. The molecular formula is C15H16N2O2. The van der Waals surface area contributed by atoms with Crippen LogP contribution in [0.5, 0.6) is 5.75 Å². The van der Waals surface area contributed by atoms with Gasteiger partial charge in [-0.25, -0.2) is 0 Å². The van der Waals surface area contributed by atoms with Crippen molar-refractivity contribution >= 4 is 11.6 Å². The van der Waals surface area contributed by atoms with Crippen molar-refractivity contribution in [3.05, 3.63) is 53.3 Å². The Labute approximate surface area is 112 Å². The molecule has 0 radical (unpaired) electrons. The number of hydrogen-bond acceptors (Lipinski definition) is 3. The maximum absolute atomic E-state index is 12.1. The van der Waals surface area contributed by atoms with Gasteiger partial charge in [-0.2, -0.15) is 0 Å². The number of nitrogens with zero attached hydrogens (tertiary/aromatic N) is 1. The molecule has 1 N–H and O–H groups in total. The molecule has 0 aliphatic carbocycles. The van der Waals surface area contributed by atoms with Crippen LogP contribution in [0.25, 0.3) is 0 Å². The number of anilines is 1. The molecule has 19 heavy (non-hydrogen) atoms. The molecule has 1 aromatic heterocycles. The summed E-state index contributed by atoms with van der Waals surface area (Å²) in [5.41, 5.74) is 3.32. The Kier molecular flexibility index (Phi) is 3.80. The van der Waals surface area contributed by atoms with Gasteiger partial charge in [-0.15, -0.1) is 0 Å². The molecule has 1 amide bonds. The first kappa shape index (κ1) is 13.1. The Hall–Kier alpha value is -2.36. The molecule has 0 fully saturated rings. The van der Waals surface area contributed by atoms with Gasteiger partial charge in [0, 0.05) is 23.6 Å². The Morgan fingerprint density at radius 1 is 1.16 bits per heavy atom. The minimum atomic E-state index is -0.143. The molecule has 4 nitrogen and oxygen atoms in total. The highest BCUT2D eigenvalue weighted by molar-refractivity contribution is 6.04. The van der Waals surface area contributed by atoms with Crippen LogP contribution in [-0.4, -0.2) is 18.0 Å². The lowest BCUT2D eigenvalue weighted by molar-refractivity contribution is 0.102. The predicted molar refractivity (Wildman–Crippen MR) is 74.7 cm³/mol. The van der Waals surface area contributed by atoms with Gasteiger partial charge < -0.3 is 10.1 Å². The quantitative estimate of drug-likeness (QED) is 0.918. The highest BCUT2D eigenvalue weighted by atomic mass is 16.5. The Morgan fingerprint density at radius 2 is 1.84 bits per heavy atom. The fraction of sp³-hybridized carbons (Fsp3) is 0.200. The molecule has 0 spiro atoms. The van der Waals surface area contributed by atoms with E-state index in [-0.39, 0.29) is 5.91 Å². The van der Waals surface area contributed by atoms with Crippen LogP contribution >= 0.6 is 0 Å². The first-order chi connectivity index (χ1) is 9.11. The summed E-state index contributed by atoms with van der Waals surface area (Å²) in [6, 6.07) is 7.19. The van der Waals surface area contributed by atoms with Crippen LogP contribution in [0.1, 0.15) is 21.5 Å². The van der Waals surface area contributed by atoms with Crippen molar-refractivity contribution in [3.8, 4) is 5.75 Å². The number of hydrogen-bond donors (Lipinski definition) is 1. The van der Waals surface area contributed by atoms with E-state index in [1.165, 1.54) is 0 Å². The summed E-state index contributed by atoms with van der Waals surface area (Å²) in [6.45, 7) is 3.88. The van der Waals surface area contributed by atoms with Gasteiger partial charge >= 0.3 is 0 Å². The van der Waals surface area contributed by atoms with Crippen LogP contribution < -0.4 is 10.1 Å². The van der Waals surface area contributed by atoms with Crippen molar-refractivity contribution in [1.29, 1.82) is 0 Å². The molecule has 1 aromatic carbocycles. The number of methoxy groups -OCH3 is 1. The molecule has 0 bridgehead atoms. The van der Waals surface area contributed by atoms with Crippen molar-refractivity contribution in [2.24, 2.45) is 0 Å². The summed E-state index contributed by atoms with van der Waals surface area (Å²) >= 11 is 0. The molecule has 0 aliphatic rings. The average Bonchev–Trinajstić information content (AvgIpc) is 2.43. The molecule has 4 heteroatoms. The largest absolute Gasteiger partial charge is 0.496 e. The third-order valence-electron chi connectivity index (χ3n) is 2.93. The van der Waals surface area contributed by atoms with E-state index in [4.69, 9.17) is 4.74 Å². The molecule has 0 saturated heterocycles. The number of nitrogens with one attached hydrogen (secondary N) is 1. The number of carbonyl (C=O) groups excluding carboxylic acids is 1. The van der Waals surface area contributed by atoms with Crippen molar-refractivity contribution < 1.29 is 9.53 Å². The van der Waals surface area contributed by atoms with Crippen LogP contribution in [0.2, 0.25) is 0 Å². The van der Waals surface area contributed by atoms with E-state index < -0.39 is 0 Å². The number of ether oxygens (including phenoxy) is 1. The molecule has 0 unspecified atom stereocenters. The smallest absolute Gasteiger partial charge is 0.255 e. The number of benzene rings is 1. The third-order valence-corrected chi connectivity index (χ3v) is 2.93. The van der Waals surface area contributed by atoms with Crippen LogP contribution in [0.4, 0.5) is 5.69 Å². The molecule has 0 atom stereocenters. The molecule has 1 heterocycles. The molecule has 98 valence electrons. The number of amides is 1. The fourth-order valence-electron chi connectivity index (χ4n) is 1.84. The van der Waals surface area contributed by atoms with E-state index in [0.29, 0.717) is 5.56 Å². The summed E-state index contributed by atoms with van der Waals surface area (Å²) < 4.78 is 5.25. The second kappa shape index (κ2) is 5.52. The van der Waals surface area contributed by atoms with Crippen LogP contribution in [0.15, 0.2) is 36.7 Å². The van der Waals surface area contributed by atoms with Crippen LogP contribution in [0, 0.1) is 13.8 Å². The highest BCUT2D eigenvalue weighted by Crippen LogP contribution is 2.26.